The molecule has 0 radical (unpaired) electrons. The van der Waals surface area contributed by atoms with Crippen molar-refractivity contribution in [3.63, 3.8) is 0 Å². The van der Waals surface area contributed by atoms with Crippen LogP contribution in [0.25, 0.3) is 0 Å². The Morgan fingerprint density at radius 3 is 2.64 bits per heavy atom. The van der Waals surface area contributed by atoms with Gasteiger partial charge in [-0.15, -0.1) is 12.3 Å². The number of hydrogen-bond acceptors (Lipinski definition) is 1. The zero-order chi connectivity index (χ0) is 8.53. The Kier molecular flexibility index (Phi) is 7.96. The molecule has 11 heavy (non-hydrogen) atoms. The van der Waals surface area contributed by atoms with Gasteiger partial charge in [-0.1, -0.05) is 32.2 Å². The van der Waals surface area contributed by atoms with Crippen molar-refractivity contribution in [3.05, 3.63) is 12.3 Å². The predicted octanol–water partition coefficient (Wildman–Crippen LogP) is 2.31. The van der Waals surface area contributed by atoms with Gasteiger partial charge in [-0.05, 0) is 0 Å². The van der Waals surface area contributed by atoms with E-state index in [0.717, 1.165) is 6.23 Å². The summed E-state index contributed by atoms with van der Waals surface area (Å²) in [5, 5.41) is 0. The summed E-state index contributed by atoms with van der Waals surface area (Å²) in [5.74, 6) is 0. The highest BCUT2D eigenvalue weighted by Crippen LogP contribution is 2.04. The summed E-state index contributed by atoms with van der Waals surface area (Å²) >= 11 is 0. The SMILES string of the molecule is C=C[SiH](CCCCC)COC. The summed E-state index contributed by atoms with van der Waals surface area (Å²) in [7, 11) is 1.08. The molecule has 66 valence electrons. The van der Waals surface area contributed by atoms with Crippen LogP contribution in [-0.2, 0) is 4.74 Å². The average Bonchev–Trinajstić information content (AvgIpc) is 2.03. The van der Waals surface area contributed by atoms with Crippen LogP contribution in [-0.4, -0.2) is 22.1 Å². The van der Waals surface area contributed by atoms with Crippen LogP contribution in [0.2, 0.25) is 6.04 Å². The van der Waals surface area contributed by atoms with Gasteiger partial charge in [-0.25, -0.2) is 0 Å². The van der Waals surface area contributed by atoms with E-state index < -0.39 is 8.80 Å². The molecule has 0 aromatic rings. The van der Waals surface area contributed by atoms with E-state index in [-0.39, 0.29) is 0 Å². The first-order chi connectivity index (χ1) is 5.35. The molecule has 0 aromatic carbocycles. The lowest BCUT2D eigenvalue weighted by Crippen LogP contribution is -2.16. The minimum absolute atomic E-state index is 0.703. The van der Waals surface area contributed by atoms with Crippen LogP contribution in [0, 0.1) is 0 Å². The monoisotopic (exact) mass is 172 g/mol. The third-order valence-electron chi connectivity index (χ3n) is 1.89. The summed E-state index contributed by atoms with van der Waals surface area (Å²) in [5.41, 5.74) is 2.14. The maximum atomic E-state index is 5.12. The minimum atomic E-state index is -0.703. The zero-order valence-electron chi connectivity index (χ0n) is 7.81. The molecule has 0 aliphatic heterocycles. The van der Waals surface area contributed by atoms with E-state index in [4.69, 9.17) is 4.74 Å². The third kappa shape index (κ3) is 6.32. The highest BCUT2D eigenvalue weighted by atomic mass is 28.3. The first kappa shape index (κ1) is 10.9. The van der Waals surface area contributed by atoms with Crippen molar-refractivity contribution in [2.24, 2.45) is 0 Å². The lowest BCUT2D eigenvalue weighted by atomic mass is 10.3. The van der Waals surface area contributed by atoms with Crippen molar-refractivity contribution in [3.8, 4) is 0 Å². The quantitative estimate of drug-likeness (QED) is 0.423. The largest absolute Gasteiger partial charge is 0.388 e. The molecule has 1 atom stereocenters. The molecule has 0 rings (SSSR count). The lowest BCUT2D eigenvalue weighted by Gasteiger charge is -2.07. The summed E-state index contributed by atoms with van der Waals surface area (Å²) in [6.07, 6.45) is 5.00. The minimum Gasteiger partial charge on any atom is -0.388 e. The Bertz CT molecular complexity index is 93.6. The van der Waals surface area contributed by atoms with E-state index in [1.165, 1.54) is 25.3 Å². The van der Waals surface area contributed by atoms with Crippen LogP contribution in [0.3, 0.4) is 0 Å². The van der Waals surface area contributed by atoms with Gasteiger partial charge >= 0.3 is 0 Å². The molecule has 0 amide bonds. The number of hydrogen-bond donors (Lipinski definition) is 0. The summed E-state index contributed by atoms with van der Waals surface area (Å²) in [6.45, 7) is 6.08. The Hall–Kier alpha value is -0.0831. The van der Waals surface area contributed by atoms with Crippen molar-refractivity contribution in [2.45, 2.75) is 32.2 Å². The molecular weight excluding hydrogens is 152 g/mol. The first-order valence-electron chi connectivity index (χ1n) is 4.46. The Labute approximate surface area is 72.1 Å². The fourth-order valence-electron chi connectivity index (χ4n) is 1.14. The average molecular weight is 172 g/mol. The van der Waals surface area contributed by atoms with Crippen molar-refractivity contribution in [2.75, 3.05) is 13.3 Å². The predicted molar refractivity (Wildman–Crippen MR) is 53.6 cm³/mol. The molecular formula is C9H20OSi. The van der Waals surface area contributed by atoms with Gasteiger partial charge in [0.1, 0.15) is 0 Å². The number of ether oxygens (including phenoxy) is 1. The van der Waals surface area contributed by atoms with Crippen molar-refractivity contribution < 1.29 is 4.74 Å². The van der Waals surface area contributed by atoms with E-state index >= 15 is 0 Å². The number of methoxy groups -OCH3 is 1. The van der Waals surface area contributed by atoms with Crippen LogP contribution in [0.4, 0.5) is 0 Å². The smallest absolute Gasteiger partial charge is 0.0903 e. The van der Waals surface area contributed by atoms with E-state index in [9.17, 15) is 0 Å². The van der Waals surface area contributed by atoms with Crippen molar-refractivity contribution >= 4 is 8.80 Å². The molecule has 0 bridgehead atoms. The van der Waals surface area contributed by atoms with Gasteiger partial charge in [0.25, 0.3) is 0 Å². The van der Waals surface area contributed by atoms with Crippen molar-refractivity contribution in [1.29, 1.82) is 0 Å². The molecule has 0 aliphatic rings. The van der Waals surface area contributed by atoms with Gasteiger partial charge in [-0.2, -0.15) is 0 Å². The summed E-state index contributed by atoms with van der Waals surface area (Å²) in [4.78, 5) is 0. The second-order valence-corrected chi connectivity index (χ2v) is 5.85. The Morgan fingerprint density at radius 2 is 2.18 bits per heavy atom. The molecule has 0 saturated carbocycles. The first-order valence-corrected chi connectivity index (χ1v) is 6.76. The molecule has 0 aromatic heterocycles. The van der Waals surface area contributed by atoms with E-state index in [0.29, 0.717) is 0 Å². The van der Waals surface area contributed by atoms with Gasteiger partial charge in [0, 0.05) is 13.3 Å². The maximum Gasteiger partial charge on any atom is 0.0903 e. The van der Waals surface area contributed by atoms with Gasteiger partial charge in [0.05, 0.1) is 8.80 Å². The second-order valence-electron chi connectivity index (χ2n) is 2.95. The molecule has 0 saturated heterocycles. The maximum absolute atomic E-state index is 5.12. The standard InChI is InChI=1S/C9H20OSi/c1-4-6-7-8-11(5-2)9-10-3/h5,11H,2,4,6-9H2,1,3H3. The number of rotatable bonds is 7. The topological polar surface area (TPSA) is 9.23 Å². The molecule has 1 nitrogen and oxygen atoms in total. The van der Waals surface area contributed by atoms with Gasteiger partial charge < -0.3 is 4.74 Å². The molecule has 0 fully saturated rings. The fourth-order valence-corrected chi connectivity index (χ4v) is 2.92. The molecule has 2 heteroatoms. The fraction of sp³-hybridized carbons (Fsp3) is 0.778. The second kappa shape index (κ2) is 8.02. The molecule has 0 aliphatic carbocycles. The molecule has 1 unspecified atom stereocenters. The molecule has 0 N–H and O–H groups in total. The van der Waals surface area contributed by atoms with Crippen LogP contribution in [0.1, 0.15) is 26.2 Å². The van der Waals surface area contributed by atoms with Gasteiger partial charge in [0.2, 0.25) is 0 Å². The van der Waals surface area contributed by atoms with Crippen LogP contribution in [0.15, 0.2) is 12.3 Å². The normalized spacial score (nSPS) is 12.9. The van der Waals surface area contributed by atoms with E-state index in [1.54, 1.807) is 7.11 Å². The van der Waals surface area contributed by atoms with Crippen LogP contribution >= 0.6 is 0 Å². The Balaban J connectivity index is 3.28. The van der Waals surface area contributed by atoms with Gasteiger partial charge in [-0.3, -0.25) is 0 Å². The van der Waals surface area contributed by atoms with E-state index in [1.807, 2.05) is 0 Å². The zero-order valence-corrected chi connectivity index (χ0v) is 8.96. The number of unbranched alkanes of at least 4 members (excludes halogenated alkanes) is 2. The molecule has 0 spiro atoms. The van der Waals surface area contributed by atoms with E-state index in [2.05, 4.69) is 19.2 Å². The highest BCUT2D eigenvalue weighted by Gasteiger charge is 2.03. The van der Waals surface area contributed by atoms with Crippen LogP contribution < -0.4 is 0 Å². The molecule has 0 heterocycles. The third-order valence-corrected chi connectivity index (χ3v) is 4.47. The summed E-state index contributed by atoms with van der Waals surface area (Å²) < 4.78 is 5.12. The van der Waals surface area contributed by atoms with Crippen molar-refractivity contribution in [1.82, 2.24) is 0 Å². The van der Waals surface area contributed by atoms with Crippen LogP contribution in [0.5, 0.6) is 0 Å². The Morgan fingerprint density at radius 1 is 1.45 bits per heavy atom. The summed E-state index contributed by atoms with van der Waals surface area (Å²) in [6, 6.07) is 1.37. The van der Waals surface area contributed by atoms with Gasteiger partial charge in [0.15, 0.2) is 0 Å². The highest BCUT2D eigenvalue weighted by molar-refractivity contribution is 6.64. The lowest BCUT2D eigenvalue weighted by molar-refractivity contribution is 0.249.